The number of benzene rings is 2. The van der Waals surface area contributed by atoms with E-state index in [-0.39, 0.29) is 39.5 Å². The third-order valence-corrected chi connectivity index (χ3v) is 5.44. The Morgan fingerprint density at radius 3 is 2.35 bits per heavy atom. The van der Waals surface area contributed by atoms with Crippen molar-refractivity contribution in [1.29, 1.82) is 0 Å². The van der Waals surface area contributed by atoms with Crippen LogP contribution < -0.4 is 14.9 Å². The van der Waals surface area contributed by atoms with Gasteiger partial charge in [0.25, 0.3) is 0 Å². The molecule has 0 amide bonds. The van der Waals surface area contributed by atoms with Crippen molar-refractivity contribution >= 4 is 11.0 Å². The second-order valence-electron chi connectivity index (χ2n) is 7.63. The Bertz CT molecular complexity index is 1270. The van der Waals surface area contributed by atoms with E-state index in [1.54, 1.807) is 0 Å². The Hall–Kier alpha value is -3.55. The first-order valence-electron chi connectivity index (χ1n) is 10.0. The van der Waals surface area contributed by atoms with Gasteiger partial charge in [-0.1, -0.05) is 0 Å². The van der Waals surface area contributed by atoms with Gasteiger partial charge in [0.05, 0.1) is 13.7 Å². The third kappa shape index (κ3) is 3.97. The minimum atomic E-state index is -1.76. The average molecular weight is 478 g/mol. The number of aliphatic hydroxyl groups is 4. The second kappa shape index (κ2) is 9.00. The van der Waals surface area contributed by atoms with Gasteiger partial charge >= 0.3 is 0 Å². The van der Waals surface area contributed by atoms with Gasteiger partial charge in [-0.25, -0.2) is 0 Å². The minimum absolute atomic E-state index is 0.111. The SMILES string of the molecule is COc1c(-c2ccc(O)c(O)c2)oc2cc(O)cc(O[C@H]3O[C@@H](CO)[C@H](O)[C@@H](O)[C@@H]3O)c2c1=O. The summed E-state index contributed by atoms with van der Waals surface area (Å²) in [5.74, 6) is -1.95. The van der Waals surface area contributed by atoms with Crippen LogP contribution >= 0.6 is 0 Å². The molecule has 0 aliphatic carbocycles. The lowest BCUT2D eigenvalue weighted by Crippen LogP contribution is -2.60. The molecule has 5 atom stereocenters. The summed E-state index contributed by atoms with van der Waals surface area (Å²) in [6.07, 6.45) is -7.98. The summed E-state index contributed by atoms with van der Waals surface area (Å²) < 4.78 is 21.9. The van der Waals surface area contributed by atoms with Crippen LogP contribution in [0.2, 0.25) is 0 Å². The highest BCUT2D eigenvalue weighted by molar-refractivity contribution is 5.88. The van der Waals surface area contributed by atoms with E-state index >= 15 is 0 Å². The zero-order chi connectivity index (χ0) is 24.7. The molecule has 2 heterocycles. The number of hydrogen-bond acceptors (Lipinski definition) is 12. The lowest BCUT2D eigenvalue weighted by molar-refractivity contribution is -0.277. The van der Waals surface area contributed by atoms with Gasteiger partial charge in [-0.3, -0.25) is 4.79 Å². The second-order valence-corrected chi connectivity index (χ2v) is 7.63. The number of aromatic hydroxyl groups is 3. The van der Waals surface area contributed by atoms with Gasteiger partial charge in [-0.2, -0.15) is 0 Å². The lowest BCUT2D eigenvalue weighted by atomic mass is 9.99. The summed E-state index contributed by atoms with van der Waals surface area (Å²) in [5.41, 5.74) is -0.718. The van der Waals surface area contributed by atoms with Gasteiger partial charge in [-0.05, 0) is 18.2 Å². The van der Waals surface area contributed by atoms with Crippen molar-refractivity contribution in [3.05, 3.63) is 40.6 Å². The van der Waals surface area contributed by atoms with Crippen LogP contribution in [-0.2, 0) is 4.74 Å². The molecule has 34 heavy (non-hydrogen) atoms. The Morgan fingerprint density at radius 1 is 0.971 bits per heavy atom. The lowest BCUT2D eigenvalue weighted by Gasteiger charge is -2.39. The Morgan fingerprint density at radius 2 is 1.71 bits per heavy atom. The van der Waals surface area contributed by atoms with Crippen molar-refractivity contribution in [2.75, 3.05) is 13.7 Å². The van der Waals surface area contributed by atoms with E-state index in [0.29, 0.717) is 0 Å². The van der Waals surface area contributed by atoms with Crippen molar-refractivity contribution in [2.45, 2.75) is 30.7 Å². The third-order valence-electron chi connectivity index (χ3n) is 5.44. The first kappa shape index (κ1) is 23.6. The zero-order valence-corrected chi connectivity index (χ0v) is 17.7. The molecule has 12 heteroatoms. The number of phenolic OH excluding ortho intramolecular Hbond substituents is 3. The van der Waals surface area contributed by atoms with Crippen molar-refractivity contribution in [3.8, 4) is 40.1 Å². The molecule has 1 aliphatic heterocycles. The Kier molecular flexibility index (Phi) is 6.25. The highest BCUT2D eigenvalue weighted by atomic mass is 16.7. The largest absolute Gasteiger partial charge is 0.508 e. The summed E-state index contributed by atoms with van der Waals surface area (Å²) in [5, 5.41) is 68.9. The van der Waals surface area contributed by atoms with E-state index in [0.717, 1.165) is 18.2 Å². The topological polar surface area (TPSA) is 200 Å². The molecule has 3 aromatic rings. The van der Waals surface area contributed by atoms with Gasteiger partial charge < -0.3 is 54.4 Å². The zero-order valence-electron chi connectivity index (χ0n) is 17.7. The smallest absolute Gasteiger partial charge is 0.239 e. The van der Waals surface area contributed by atoms with Crippen LogP contribution in [0.5, 0.6) is 28.7 Å². The molecule has 0 saturated carbocycles. The fourth-order valence-corrected chi connectivity index (χ4v) is 3.68. The van der Waals surface area contributed by atoms with Crippen LogP contribution in [0.3, 0.4) is 0 Å². The van der Waals surface area contributed by atoms with Crippen LogP contribution in [0.4, 0.5) is 0 Å². The van der Waals surface area contributed by atoms with Crippen LogP contribution in [-0.4, -0.2) is 80.2 Å². The van der Waals surface area contributed by atoms with Crippen LogP contribution in [0, 0.1) is 0 Å². The highest BCUT2D eigenvalue weighted by Crippen LogP contribution is 2.39. The predicted molar refractivity (Wildman–Crippen MR) is 114 cm³/mol. The number of ether oxygens (including phenoxy) is 3. The molecule has 4 rings (SSSR count). The van der Waals surface area contributed by atoms with E-state index in [2.05, 4.69) is 0 Å². The molecular formula is C22H22O12. The van der Waals surface area contributed by atoms with Gasteiger partial charge in [0.1, 0.15) is 46.9 Å². The summed E-state index contributed by atoms with van der Waals surface area (Å²) >= 11 is 0. The van der Waals surface area contributed by atoms with Crippen molar-refractivity contribution < 1.29 is 54.4 Å². The number of hydrogen-bond donors (Lipinski definition) is 7. The maximum Gasteiger partial charge on any atom is 0.239 e. The molecular weight excluding hydrogens is 456 g/mol. The Labute approximate surface area is 191 Å². The quantitative estimate of drug-likeness (QED) is 0.238. The van der Waals surface area contributed by atoms with Crippen molar-refractivity contribution in [2.24, 2.45) is 0 Å². The molecule has 2 aromatic carbocycles. The molecule has 7 N–H and O–H groups in total. The molecule has 1 fully saturated rings. The number of fused-ring (bicyclic) bond motifs is 1. The molecule has 0 radical (unpaired) electrons. The molecule has 1 saturated heterocycles. The molecule has 1 aromatic heterocycles. The summed E-state index contributed by atoms with van der Waals surface area (Å²) in [4.78, 5) is 13.3. The normalized spacial score (nSPS) is 24.8. The Balaban J connectivity index is 1.85. The van der Waals surface area contributed by atoms with Gasteiger partial charge in [-0.15, -0.1) is 0 Å². The maximum absolute atomic E-state index is 13.3. The van der Waals surface area contributed by atoms with Crippen LogP contribution in [0.25, 0.3) is 22.3 Å². The number of aliphatic hydroxyl groups excluding tert-OH is 4. The van der Waals surface area contributed by atoms with E-state index in [4.69, 9.17) is 18.6 Å². The van der Waals surface area contributed by atoms with E-state index < -0.39 is 54.2 Å². The van der Waals surface area contributed by atoms with Gasteiger partial charge in [0.2, 0.25) is 17.5 Å². The highest BCUT2D eigenvalue weighted by Gasteiger charge is 2.45. The monoisotopic (exact) mass is 478 g/mol. The van der Waals surface area contributed by atoms with Crippen LogP contribution in [0.1, 0.15) is 0 Å². The first-order valence-corrected chi connectivity index (χ1v) is 10.0. The fourth-order valence-electron chi connectivity index (χ4n) is 3.68. The summed E-state index contributed by atoms with van der Waals surface area (Å²) in [6.45, 7) is -0.690. The minimum Gasteiger partial charge on any atom is -0.508 e. The predicted octanol–water partition coefficient (Wildman–Crippen LogP) is -0.236. The number of methoxy groups -OCH3 is 1. The number of rotatable bonds is 5. The average Bonchev–Trinajstić information content (AvgIpc) is 2.80. The molecule has 0 bridgehead atoms. The van der Waals surface area contributed by atoms with E-state index in [1.165, 1.54) is 19.2 Å². The van der Waals surface area contributed by atoms with Crippen molar-refractivity contribution in [3.63, 3.8) is 0 Å². The van der Waals surface area contributed by atoms with Gasteiger partial charge in [0, 0.05) is 17.7 Å². The molecule has 182 valence electrons. The molecule has 0 unspecified atom stereocenters. The fraction of sp³-hybridized carbons (Fsp3) is 0.318. The maximum atomic E-state index is 13.3. The first-order chi connectivity index (χ1) is 16.2. The summed E-state index contributed by atoms with van der Waals surface area (Å²) in [7, 11) is 1.21. The number of phenols is 3. The van der Waals surface area contributed by atoms with Crippen LogP contribution in [0.15, 0.2) is 39.5 Å². The molecule has 1 aliphatic rings. The molecule has 0 spiro atoms. The standard InChI is InChI=1S/C22H22O12/c1-31-21-17(28)15-12(32-20(21)8-2-3-10(25)11(26)4-8)5-9(24)6-13(15)33-22-19(30)18(29)16(27)14(7-23)34-22/h2-6,14,16,18-19,22-27,29-30H,7H2,1H3/t14-,16-,18+,19-,22-/m0/s1. The van der Waals surface area contributed by atoms with Crippen molar-refractivity contribution in [1.82, 2.24) is 0 Å². The van der Waals surface area contributed by atoms with Gasteiger partial charge in [0.15, 0.2) is 17.3 Å². The summed E-state index contributed by atoms with van der Waals surface area (Å²) in [6, 6.07) is 5.88. The van der Waals surface area contributed by atoms with E-state index in [1.807, 2.05) is 0 Å². The molecule has 12 nitrogen and oxygen atoms in total. The van der Waals surface area contributed by atoms with E-state index in [9.17, 15) is 40.5 Å².